The van der Waals surface area contributed by atoms with Crippen LogP contribution in [-0.4, -0.2) is 22.8 Å². The summed E-state index contributed by atoms with van der Waals surface area (Å²) in [5, 5.41) is 0.291. The molecule has 0 radical (unpaired) electrons. The number of hydrogen-bond donors (Lipinski definition) is 3. The number of benzene rings is 1. The first-order chi connectivity index (χ1) is 9.70. The van der Waals surface area contributed by atoms with Gasteiger partial charge in [-0.2, -0.15) is 8.78 Å². The molecule has 1 heterocycles. The normalized spacial score (nSPS) is 12.1. The average molecular weight is 400 g/mol. The molecule has 2 aromatic rings. The number of ether oxygens (including phenoxy) is 1. The zero-order valence-electron chi connectivity index (χ0n) is 10.4. The van der Waals surface area contributed by atoms with E-state index < -0.39 is 24.8 Å². The smallest absolute Gasteiger partial charge is 0.349 e. The Hall–Kier alpha value is -0.860. The van der Waals surface area contributed by atoms with E-state index in [0.29, 0.717) is 21.4 Å². The third-order valence-electron chi connectivity index (χ3n) is 2.72. The first-order valence-corrected chi connectivity index (χ1v) is 8.22. The molecule has 5 nitrogen and oxygen atoms in total. The molecule has 0 aliphatic heterocycles. The van der Waals surface area contributed by atoms with E-state index in [1.165, 1.54) is 19.2 Å². The SMILES string of the molecule is COc1cc(C(N)=O)cc2c(Br)c(C(F)(F)P(O)O)sc12. The fourth-order valence-corrected chi connectivity index (χ4v) is 4.52. The summed E-state index contributed by atoms with van der Waals surface area (Å²) >= 11 is 3.67. The minimum absolute atomic E-state index is 0.0236. The highest BCUT2D eigenvalue weighted by Crippen LogP contribution is 2.58. The summed E-state index contributed by atoms with van der Waals surface area (Å²) in [6.07, 6.45) is 0. The summed E-state index contributed by atoms with van der Waals surface area (Å²) in [6.45, 7) is 0. The van der Waals surface area contributed by atoms with Gasteiger partial charge in [-0.05, 0) is 28.1 Å². The molecule has 10 heteroatoms. The molecule has 0 atom stereocenters. The summed E-state index contributed by atoms with van der Waals surface area (Å²) in [6, 6.07) is 2.69. The van der Waals surface area contributed by atoms with E-state index in [2.05, 4.69) is 15.9 Å². The van der Waals surface area contributed by atoms with Crippen molar-refractivity contribution in [3.8, 4) is 5.75 Å². The number of hydrogen-bond acceptors (Lipinski definition) is 5. The Morgan fingerprint density at radius 2 is 2.10 bits per heavy atom. The van der Waals surface area contributed by atoms with E-state index in [-0.39, 0.29) is 15.8 Å². The second kappa shape index (κ2) is 5.73. The highest BCUT2D eigenvalue weighted by molar-refractivity contribution is 9.10. The molecule has 4 N–H and O–H groups in total. The summed E-state index contributed by atoms with van der Waals surface area (Å²) in [7, 11) is -2.16. The van der Waals surface area contributed by atoms with Crippen LogP contribution in [0.15, 0.2) is 16.6 Å². The van der Waals surface area contributed by atoms with Crippen molar-refractivity contribution in [2.45, 2.75) is 5.66 Å². The quantitative estimate of drug-likeness (QED) is 0.688. The Bertz CT molecular complexity index is 722. The summed E-state index contributed by atoms with van der Waals surface area (Å²) < 4.78 is 33.1. The molecule has 0 unspecified atom stereocenters. The Labute approximate surface area is 131 Å². The second-order valence-corrected chi connectivity index (χ2v) is 6.95. The van der Waals surface area contributed by atoms with Gasteiger partial charge in [0.15, 0.2) is 0 Å². The maximum atomic E-state index is 13.8. The van der Waals surface area contributed by atoms with E-state index in [9.17, 15) is 13.6 Å². The lowest BCUT2D eigenvalue weighted by Crippen LogP contribution is -2.10. The van der Waals surface area contributed by atoms with Crippen LogP contribution in [0.5, 0.6) is 5.75 Å². The van der Waals surface area contributed by atoms with Crippen LogP contribution in [0.3, 0.4) is 0 Å². The van der Waals surface area contributed by atoms with Gasteiger partial charge in [0.25, 0.3) is 0 Å². The van der Waals surface area contributed by atoms with Gasteiger partial charge in [0, 0.05) is 15.4 Å². The van der Waals surface area contributed by atoms with Crippen molar-refractivity contribution in [3.05, 3.63) is 27.0 Å². The first-order valence-electron chi connectivity index (χ1n) is 5.36. The van der Waals surface area contributed by atoms with Crippen molar-refractivity contribution in [2.24, 2.45) is 5.73 Å². The predicted octanol–water partition coefficient (Wildman–Crippen LogP) is 3.12. The van der Waals surface area contributed by atoms with Crippen molar-refractivity contribution in [1.82, 2.24) is 0 Å². The van der Waals surface area contributed by atoms with Crippen molar-refractivity contribution in [1.29, 1.82) is 0 Å². The van der Waals surface area contributed by atoms with E-state index in [4.69, 9.17) is 20.3 Å². The fourth-order valence-electron chi connectivity index (χ4n) is 1.72. The number of primary amides is 1. The summed E-state index contributed by atoms with van der Waals surface area (Å²) in [5.74, 6) is -0.526. The van der Waals surface area contributed by atoms with Crippen LogP contribution in [0.4, 0.5) is 8.78 Å². The van der Waals surface area contributed by atoms with Gasteiger partial charge in [-0.3, -0.25) is 4.79 Å². The van der Waals surface area contributed by atoms with E-state index in [1.54, 1.807) is 0 Å². The van der Waals surface area contributed by atoms with E-state index >= 15 is 0 Å². The van der Waals surface area contributed by atoms with Crippen LogP contribution in [0.2, 0.25) is 0 Å². The number of rotatable bonds is 4. The Morgan fingerprint density at radius 3 is 2.57 bits per heavy atom. The van der Waals surface area contributed by atoms with Gasteiger partial charge < -0.3 is 20.3 Å². The fraction of sp³-hybridized carbons (Fsp3) is 0.182. The van der Waals surface area contributed by atoms with Crippen molar-refractivity contribution < 1.29 is 28.1 Å². The van der Waals surface area contributed by atoms with Gasteiger partial charge in [0.1, 0.15) is 5.75 Å². The van der Waals surface area contributed by atoms with E-state index in [0.717, 1.165) is 0 Å². The molecule has 0 aliphatic carbocycles. The van der Waals surface area contributed by atoms with Crippen molar-refractivity contribution in [3.63, 3.8) is 0 Å². The predicted molar refractivity (Wildman–Crippen MR) is 79.8 cm³/mol. The van der Waals surface area contributed by atoms with Gasteiger partial charge >= 0.3 is 5.66 Å². The van der Waals surface area contributed by atoms with Crippen LogP contribution in [0.1, 0.15) is 15.2 Å². The van der Waals surface area contributed by atoms with E-state index in [1.807, 2.05) is 0 Å². The number of carbonyl (C=O) groups excluding carboxylic acids is 1. The zero-order valence-corrected chi connectivity index (χ0v) is 13.7. The van der Waals surface area contributed by atoms with Crippen LogP contribution in [0.25, 0.3) is 10.1 Å². The number of carbonyl (C=O) groups is 1. The molecular formula is C11H9BrF2NO4PS. The van der Waals surface area contributed by atoms with Gasteiger partial charge in [-0.1, -0.05) is 0 Å². The molecule has 0 aliphatic rings. The molecule has 0 saturated carbocycles. The summed E-state index contributed by atoms with van der Waals surface area (Å²) in [4.78, 5) is 28.5. The highest BCUT2D eigenvalue weighted by atomic mass is 79.9. The number of nitrogens with two attached hydrogens (primary N) is 1. The number of amides is 1. The van der Waals surface area contributed by atoms with Gasteiger partial charge in [0.05, 0.1) is 16.7 Å². The molecule has 1 aromatic carbocycles. The Balaban J connectivity index is 2.79. The average Bonchev–Trinajstić information content (AvgIpc) is 2.75. The lowest BCUT2D eigenvalue weighted by molar-refractivity contribution is 0.0766. The summed E-state index contributed by atoms with van der Waals surface area (Å²) in [5.41, 5.74) is 1.49. The number of fused-ring (bicyclic) bond motifs is 1. The highest BCUT2D eigenvalue weighted by Gasteiger charge is 2.45. The number of halogens is 3. The molecule has 0 fully saturated rings. The topological polar surface area (TPSA) is 92.8 Å². The number of alkyl halides is 2. The zero-order chi connectivity index (χ0) is 15.9. The van der Waals surface area contributed by atoms with Crippen LogP contribution >= 0.6 is 35.6 Å². The second-order valence-electron chi connectivity index (χ2n) is 4.00. The van der Waals surface area contributed by atoms with Crippen LogP contribution in [-0.2, 0) is 5.66 Å². The van der Waals surface area contributed by atoms with Crippen molar-refractivity contribution >= 4 is 51.6 Å². The Morgan fingerprint density at radius 1 is 1.48 bits per heavy atom. The third-order valence-corrected chi connectivity index (χ3v) is 5.98. The molecule has 0 spiro atoms. The molecule has 114 valence electrons. The molecule has 2 rings (SSSR count). The Kier molecular flexibility index (Phi) is 4.51. The minimum Gasteiger partial charge on any atom is -0.495 e. The third kappa shape index (κ3) is 2.76. The van der Waals surface area contributed by atoms with Crippen LogP contribution in [0, 0.1) is 0 Å². The number of thiophene rings is 1. The molecule has 1 amide bonds. The monoisotopic (exact) mass is 399 g/mol. The lowest BCUT2D eigenvalue weighted by atomic mass is 10.1. The minimum atomic E-state index is -3.80. The molecule has 1 aromatic heterocycles. The maximum Gasteiger partial charge on any atom is 0.349 e. The van der Waals surface area contributed by atoms with Crippen molar-refractivity contribution in [2.75, 3.05) is 7.11 Å². The molecule has 21 heavy (non-hydrogen) atoms. The molecule has 0 saturated heterocycles. The van der Waals surface area contributed by atoms with Gasteiger partial charge in [-0.25, -0.2) is 0 Å². The lowest BCUT2D eigenvalue weighted by Gasteiger charge is -2.15. The van der Waals surface area contributed by atoms with Gasteiger partial charge in [0.2, 0.25) is 14.3 Å². The molecule has 0 bridgehead atoms. The van der Waals surface area contributed by atoms with Gasteiger partial charge in [-0.15, -0.1) is 11.3 Å². The maximum absolute atomic E-state index is 13.8. The van der Waals surface area contributed by atoms with Crippen LogP contribution < -0.4 is 10.5 Å². The first kappa shape index (κ1) is 16.5. The molecular weight excluding hydrogens is 391 g/mol. The number of methoxy groups -OCH3 is 1. The standard InChI is InChI=1S/C11H9BrF2NO4PS/c1-19-6-3-4(10(15)16)2-5-7(12)9(21-8(5)6)11(13,14)20(17)18/h2-3,17-18H,1H3,(H2,15,16). The largest absolute Gasteiger partial charge is 0.495 e.